The zero-order valence-corrected chi connectivity index (χ0v) is 49.2. The highest BCUT2D eigenvalue weighted by Crippen LogP contribution is 2.19. The lowest BCUT2D eigenvalue weighted by molar-refractivity contribution is -0.143. The Labute approximate surface area is 451 Å². The molecule has 2 unspecified atom stereocenters. The number of rotatable bonds is 63. The van der Waals surface area contributed by atoms with Crippen LogP contribution in [0.5, 0.6) is 0 Å². The lowest BCUT2D eigenvalue weighted by Gasteiger charge is -2.22. The highest BCUT2D eigenvalue weighted by atomic mass is 16.5. The van der Waals surface area contributed by atoms with Crippen molar-refractivity contribution in [3.63, 3.8) is 0 Å². The molecule has 0 aliphatic carbocycles. The van der Waals surface area contributed by atoms with E-state index < -0.39 is 12.1 Å². The van der Waals surface area contributed by atoms with Crippen molar-refractivity contribution in [2.24, 2.45) is 0 Å². The number of hydrogen-bond acceptors (Lipinski definition) is 5. The zero-order valence-electron chi connectivity index (χ0n) is 49.2. The van der Waals surface area contributed by atoms with Crippen LogP contribution in [0.25, 0.3) is 0 Å². The lowest BCUT2D eigenvalue weighted by atomic mass is 10.0. The normalized spacial score (nSPS) is 12.4. The van der Waals surface area contributed by atoms with E-state index in [9.17, 15) is 19.8 Å². The van der Waals surface area contributed by atoms with E-state index in [0.717, 1.165) is 38.5 Å². The third-order valence-electron chi connectivity index (χ3n) is 15.9. The Morgan fingerprint density at radius 1 is 0.333 bits per heavy atom. The van der Waals surface area contributed by atoms with Crippen molar-refractivity contribution in [1.82, 2.24) is 5.32 Å². The Morgan fingerprint density at radius 3 is 0.847 bits per heavy atom. The number of nitrogens with one attached hydrogen (secondary N) is 1. The van der Waals surface area contributed by atoms with Crippen molar-refractivity contribution in [3.8, 4) is 0 Å². The Kier molecular flexibility index (Phi) is 61.4. The second-order valence-corrected chi connectivity index (χ2v) is 23.2. The van der Waals surface area contributed by atoms with Crippen molar-refractivity contribution in [1.29, 1.82) is 0 Å². The maximum Gasteiger partial charge on any atom is 0.305 e. The van der Waals surface area contributed by atoms with Gasteiger partial charge >= 0.3 is 5.97 Å². The molecule has 0 rings (SSSR count). The molecule has 0 aromatic rings. The van der Waals surface area contributed by atoms with Crippen molar-refractivity contribution in [3.05, 3.63) is 0 Å². The van der Waals surface area contributed by atoms with Gasteiger partial charge in [-0.15, -0.1) is 0 Å². The molecular formula is C66H131NO5. The summed E-state index contributed by atoms with van der Waals surface area (Å²) in [5, 5.41) is 23.4. The number of esters is 1. The van der Waals surface area contributed by atoms with Gasteiger partial charge in [-0.25, -0.2) is 0 Å². The fraction of sp³-hybridized carbons (Fsp3) is 0.970. The number of aliphatic hydroxyl groups excluding tert-OH is 2. The molecule has 2 atom stereocenters. The first kappa shape index (κ1) is 70.9. The molecule has 0 heterocycles. The van der Waals surface area contributed by atoms with Crippen LogP contribution >= 0.6 is 0 Å². The first-order valence-corrected chi connectivity index (χ1v) is 33.3. The van der Waals surface area contributed by atoms with Gasteiger partial charge in [-0.2, -0.15) is 0 Å². The van der Waals surface area contributed by atoms with Gasteiger partial charge in [-0.05, 0) is 25.7 Å². The lowest BCUT2D eigenvalue weighted by Crippen LogP contribution is -2.45. The van der Waals surface area contributed by atoms with E-state index in [-0.39, 0.29) is 18.5 Å². The summed E-state index contributed by atoms with van der Waals surface area (Å²) in [5.74, 6) is -0.0140. The number of amides is 1. The zero-order chi connectivity index (χ0) is 52.2. The van der Waals surface area contributed by atoms with Gasteiger partial charge in [0.05, 0.1) is 25.4 Å². The summed E-state index contributed by atoms with van der Waals surface area (Å²) in [7, 11) is 0. The number of aliphatic hydroxyl groups is 2. The highest BCUT2D eigenvalue weighted by Gasteiger charge is 2.20. The average molecular weight is 1020 g/mol. The molecule has 0 aromatic heterocycles. The van der Waals surface area contributed by atoms with E-state index in [1.807, 2.05) is 0 Å². The first-order chi connectivity index (χ1) is 35.5. The van der Waals surface area contributed by atoms with Crippen molar-refractivity contribution >= 4 is 11.9 Å². The highest BCUT2D eigenvalue weighted by molar-refractivity contribution is 5.76. The number of hydrogen-bond donors (Lipinski definition) is 3. The van der Waals surface area contributed by atoms with Gasteiger partial charge in [0.1, 0.15) is 0 Å². The molecule has 0 bridgehead atoms. The summed E-state index contributed by atoms with van der Waals surface area (Å²) in [6.07, 6.45) is 74.2. The minimum atomic E-state index is -0.664. The third kappa shape index (κ3) is 58.1. The number of ether oxygens (including phenoxy) is 1. The molecule has 430 valence electrons. The molecule has 0 spiro atoms. The number of carbonyl (C=O) groups is 2. The molecule has 72 heavy (non-hydrogen) atoms. The molecule has 0 aromatic carbocycles. The molecule has 0 saturated carbocycles. The summed E-state index contributed by atoms with van der Waals surface area (Å²) < 4.78 is 5.47. The molecule has 6 heteroatoms. The van der Waals surface area contributed by atoms with Crippen LogP contribution in [0.15, 0.2) is 0 Å². The fourth-order valence-electron chi connectivity index (χ4n) is 10.8. The quantitative estimate of drug-likeness (QED) is 0.0417. The average Bonchev–Trinajstić information content (AvgIpc) is 3.38. The minimum Gasteiger partial charge on any atom is -0.466 e. The van der Waals surface area contributed by atoms with E-state index in [2.05, 4.69) is 19.2 Å². The van der Waals surface area contributed by atoms with Gasteiger partial charge < -0.3 is 20.3 Å². The second-order valence-electron chi connectivity index (χ2n) is 23.2. The van der Waals surface area contributed by atoms with Crippen LogP contribution in [0.2, 0.25) is 0 Å². The monoisotopic (exact) mass is 1020 g/mol. The van der Waals surface area contributed by atoms with E-state index in [1.165, 1.54) is 315 Å². The van der Waals surface area contributed by atoms with Crippen LogP contribution in [0.3, 0.4) is 0 Å². The second kappa shape index (κ2) is 62.4. The van der Waals surface area contributed by atoms with Gasteiger partial charge in [0.2, 0.25) is 5.91 Å². The molecule has 3 N–H and O–H groups in total. The minimum absolute atomic E-state index is 0.0154. The Hall–Kier alpha value is -1.14. The van der Waals surface area contributed by atoms with Crippen molar-refractivity contribution in [2.75, 3.05) is 13.2 Å². The standard InChI is InChI=1S/C66H131NO5/c1-3-5-7-9-11-13-15-16-17-18-19-23-26-29-32-35-39-42-46-50-54-58-64(69)63(62-68)67-65(70)59-55-51-47-43-40-36-33-30-27-24-21-20-22-25-28-31-34-37-41-45-49-53-57-61-72-66(71)60-56-52-48-44-38-14-12-10-8-6-4-2/h63-64,68-69H,3-62H2,1-2H3,(H,67,70). The van der Waals surface area contributed by atoms with Gasteiger partial charge in [0, 0.05) is 12.8 Å². The number of unbranched alkanes of at least 4 members (excludes halogenated alkanes) is 52. The number of carbonyl (C=O) groups excluding carboxylic acids is 2. The molecule has 6 nitrogen and oxygen atoms in total. The van der Waals surface area contributed by atoms with Crippen molar-refractivity contribution in [2.45, 2.75) is 398 Å². The summed E-state index contributed by atoms with van der Waals surface area (Å²) in [6, 6.07) is -0.541. The third-order valence-corrected chi connectivity index (χ3v) is 15.9. The topological polar surface area (TPSA) is 95.9 Å². The SMILES string of the molecule is CCCCCCCCCCCCCCCCCCCCCCCC(O)C(CO)NC(=O)CCCCCCCCCCCCCCCCCCCCCCCCCOC(=O)CCCCCCCCCCCCC. The van der Waals surface area contributed by atoms with Crippen LogP contribution in [0.1, 0.15) is 386 Å². The van der Waals surface area contributed by atoms with E-state index in [0.29, 0.717) is 25.9 Å². The van der Waals surface area contributed by atoms with Crippen LogP contribution < -0.4 is 5.32 Å². The van der Waals surface area contributed by atoms with Gasteiger partial charge in [0.15, 0.2) is 0 Å². The Morgan fingerprint density at radius 2 is 0.569 bits per heavy atom. The van der Waals surface area contributed by atoms with E-state index in [1.54, 1.807) is 0 Å². The maximum atomic E-state index is 12.5. The molecule has 0 aliphatic rings. The van der Waals surface area contributed by atoms with Crippen molar-refractivity contribution < 1.29 is 24.5 Å². The molecule has 0 saturated heterocycles. The summed E-state index contributed by atoms with van der Waals surface area (Å²) in [5.41, 5.74) is 0. The molecular weight excluding hydrogens is 887 g/mol. The largest absolute Gasteiger partial charge is 0.466 e. The van der Waals surface area contributed by atoms with Crippen LogP contribution in [-0.4, -0.2) is 47.4 Å². The molecule has 0 fully saturated rings. The van der Waals surface area contributed by atoms with Crippen LogP contribution in [0.4, 0.5) is 0 Å². The van der Waals surface area contributed by atoms with Gasteiger partial charge in [-0.3, -0.25) is 9.59 Å². The maximum absolute atomic E-state index is 12.5. The summed E-state index contributed by atoms with van der Waals surface area (Å²) >= 11 is 0. The van der Waals surface area contributed by atoms with Gasteiger partial charge in [-0.1, -0.05) is 348 Å². The van der Waals surface area contributed by atoms with Crippen LogP contribution in [0, 0.1) is 0 Å². The Balaban J connectivity index is 3.37. The van der Waals surface area contributed by atoms with E-state index in [4.69, 9.17) is 4.74 Å². The molecule has 0 aliphatic heterocycles. The first-order valence-electron chi connectivity index (χ1n) is 33.3. The smallest absolute Gasteiger partial charge is 0.305 e. The predicted octanol–water partition coefficient (Wildman–Crippen LogP) is 21.0. The fourth-order valence-corrected chi connectivity index (χ4v) is 10.8. The molecule has 1 amide bonds. The van der Waals surface area contributed by atoms with E-state index >= 15 is 0 Å². The molecule has 0 radical (unpaired) electrons. The summed E-state index contributed by atoms with van der Waals surface area (Å²) in [4.78, 5) is 24.5. The Bertz CT molecular complexity index is 1040. The summed E-state index contributed by atoms with van der Waals surface area (Å²) in [6.45, 7) is 4.99. The van der Waals surface area contributed by atoms with Crippen LogP contribution in [-0.2, 0) is 14.3 Å². The predicted molar refractivity (Wildman–Crippen MR) is 315 cm³/mol. The van der Waals surface area contributed by atoms with Gasteiger partial charge in [0.25, 0.3) is 0 Å².